The first-order valence-corrected chi connectivity index (χ1v) is 18.2. The van der Waals surface area contributed by atoms with Gasteiger partial charge >= 0.3 is 0 Å². The third-order valence-electron chi connectivity index (χ3n) is 9.66. The van der Waals surface area contributed by atoms with Crippen molar-refractivity contribution in [2.45, 2.75) is 0 Å². The van der Waals surface area contributed by atoms with E-state index in [1.165, 1.54) is 73.4 Å². The number of benzene rings is 8. The lowest BCUT2D eigenvalue weighted by Crippen LogP contribution is -2.09. The third-order valence-corrected chi connectivity index (χ3v) is 11.9. The Morgan fingerprint density at radius 3 is 1.49 bits per heavy atom. The molecule has 49 heavy (non-hydrogen) atoms. The number of thiophene rings is 2. The Bertz CT molecular complexity index is 2720. The van der Waals surface area contributed by atoms with Gasteiger partial charge in [0, 0.05) is 57.4 Å². The van der Waals surface area contributed by atoms with Crippen LogP contribution in [0.15, 0.2) is 176 Å². The standard InChI is InChI=1S/C46H29NS2/c1-2-13-37-31(9-1)10-8-16-38(37)33-12-7-11-32(27-33)30-19-21-34(22-20-30)47(35-23-25-41-39-14-3-5-17-43(39)48-45(41)28-35)36-24-26-42-40-15-4-6-18-44(40)49-46(42)29-36/h1-29H. The molecule has 10 aromatic rings. The zero-order valence-electron chi connectivity index (χ0n) is 26.5. The van der Waals surface area contributed by atoms with Gasteiger partial charge in [-0.2, -0.15) is 0 Å². The van der Waals surface area contributed by atoms with Crippen LogP contribution in [0.2, 0.25) is 0 Å². The highest BCUT2D eigenvalue weighted by Gasteiger charge is 2.17. The zero-order valence-corrected chi connectivity index (χ0v) is 28.1. The summed E-state index contributed by atoms with van der Waals surface area (Å²) in [4.78, 5) is 2.41. The molecule has 0 aliphatic carbocycles. The van der Waals surface area contributed by atoms with Crippen LogP contribution in [0.25, 0.3) is 73.4 Å². The molecule has 1 nitrogen and oxygen atoms in total. The molecule has 0 N–H and O–H groups in total. The van der Waals surface area contributed by atoms with Gasteiger partial charge in [0.1, 0.15) is 0 Å². The average molecular weight is 660 g/mol. The van der Waals surface area contributed by atoms with E-state index in [0.29, 0.717) is 0 Å². The Balaban J connectivity index is 1.09. The molecule has 0 saturated carbocycles. The fourth-order valence-electron chi connectivity index (χ4n) is 7.30. The fraction of sp³-hybridized carbons (Fsp3) is 0. The summed E-state index contributed by atoms with van der Waals surface area (Å²) in [5, 5.41) is 7.80. The number of rotatable bonds is 5. The van der Waals surface area contributed by atoms with E-state index >= 15 is 0 Å². The van der Waals surface area contributed by atoms with Crippen molar-refractivity contribution < 1.29 is 0 Å². The number of hydrogen-bond donors (Lipinski definition) is 0. The van der Waals surface area contributed by atoms with Crippen molar-refractivity contribution in [2.24, 2.45) is 0 Å². The number of nitrogens with zero attached hydrogens (tertiary/aromatic N) is 1. The molecule has 8 aromatic carbocycles. The summed E-state index contributed by atoms with van der Waals surface area (Å²) in [6.45, 7) is 0. The summed E-state index contributed by atoms with van der Waals surface area (Å²) in [5.41, 5.74) is 8.35. The molecule has 10 rings (SSSR count). The van der Waals surface area contributed by atoms with Crippen molar-refractivity contribution in [3.63, 3.8) is 0 Å². The van der Waals surface area contributed by atoms with Gasteiger partial charge in [0.05, 0.1) is 0 Å². The van der Waals surface area contributed by atoms with E-state index in [1.807, 2.05) is 22.7 Å². The van der Waals surface area contributed by atoms with Gasteiger partial charge in [-0.25, -0.2) is 0 Å². The summed E-state index contributed by atoms with van der Waals surface area (Å²) in [5.74, 6) is 0. The Hall–Kier alpha value is -5.74. The molecule has 2 aromatic heterocycles. The summed E-state index contributed by atoms with van der Waals surface area (Å²) in [6.07, 6.45) is 0. The van der Waals surface area contributed by atoms with Crippen LogP contribution in [-0.2, 0) is 0 Å². The van der Waals surface area contributed by atoms with E-state index in [-0.39, 0.29) is 0 Å². The topological polar surface area (TPSA) is 3.24 Å². The van der Waals surface area contributed by atoms with Crippen LogP contribution in [0.4, 0.5) is 17.1 Å². The van der Waals surface area contributed by atoms with Gasteiger partial charge in [0.15, 0.2) is 0 Å². The molecule has 0 unspecified atom stereocenters. The Morgan fingerprint density at radius 1 is 0.306 bits per heavy atom. The van der Waals surface area contributed by atoms with Crippen LogP contribution in [0.5, 0.6) is 0 Å². The summed E-state index contributed by atoms with van der Waals surface area (Å²) in [6, 6.07) is 64.5. The van der Waals surface area contributed by atoms with E-state index in [2.05, 4.69) is 181 Å². The van der Waals surface area contributed by atoms with Gasteiger partial charge in [-0.15, -0.1) is 22.7 Å². The molecule has 0 fully saturated rings. The average Bonchev–Trinajstić information content (AvgIpc) is 3.73. The highest BCUT2D eigenvalue weighted by atomic mass is 32.1. The van der Waals surface area contributed by atoms with Gasteiger partial charge in [0.25, 0.3) is 0 Å². The highest BCUT2D eigenvalue weighted by molar-refractivity contribution is 7.26. The van der Waals surface area contributed by atoms with Crippen LogP contribution < -0.4 is 4.90 Å². The first kappa shape index (κ1) is 28.3. The first-order chi connectivity index (χ1) is 24.3. The molecule has 0 saturated heterocycles. The lowest BCUT2D eigenvalue weighted by atomic mass is 9.95. The van der Waals surface area contributed by atoms with Crippen molar-refractivity contribution in [1.29, 1.82) is 0 Å². The molecule has 3 heteroatoms. The van der Waals surface area contributed by atoms with E-state index in [0.717, 1.165) is 17.1 Å². The maximum Gasteiger partial charge on any atom is 0.0476 e. The normalized spacial score (nSPS) is 11.7. The molecular weight excluding hydrogens is 631 g/mol. The maximum absolute atomic E-state index is 2.41. The summed E-state index contributed by atoms with van der Waals surface area (Å²) in [7, 11) is 0. The highest BCUT2D eigenvalue weighted by Crippen LogP contribution is 2.43. The predicted octanol–water partition coefficient (Wildman–Crippen LogP) is 14.4. The Kier molecular flexibility index (Phi) is 6.61. The molecule has 0 radical (unpaired) electrons. The van der Waals surface area contributed by atoms with Gasteiger partial charge in [-0.05, 0) is 87.6 Å². The predicted molar refractivity (Wildman–Crippen MR) is 215 cm³/mol. The smallest absolute Gasteiger partial charge is 0.0476 e. The summed E-state index contributed by atoms with van der Waals surface area (Å²) >= 11 is 3.73. The molecule has 230 valence electrons. The van der Waals surface area contributed by atoms with E-state index in [9.17, 15) is 0 Å². The Labute approximate surface area is 292 Å². The molecule has 2 heterocycles. The second kappa shape index (κ2) is 11.5. The quantitative estimate of drug-likeness (QED) is 0.178. The van der Waals surface area contributed by atoms with Crippen molar-refractivity contribution >= 4 is 90.9 Å². The molecule has 0 aliphatic rings. The Morgan fingerprint density at radius 2 is 0.816 bits per heavy atom. The second-order valence-electron chi connectivity index (χ2n) is 12.5. The van der Waals surface area contributed by atoms with E-state index < -0.39 is 0 Å². The molecule has 0 amide bonds. The van der Waals surface area contributed by atoms with Crippen molar-refractivity contribution in [3.05, 3.63) is 176 Å². The molecule has 0 aliphatic heterocycles. The number of fused-ring (bicyclic) bond motifs is 7. The van der Waals surface area contributed by atoms with Gasteiger partial charge in [0.2, 0.25) is 0 Å². The largest absolute Gasteiger partial charge is 0.310 e. The van der Waals surface area contributed by atoms with Gasteiger partial charge < -0.3 is 4.90 Å². The lowest BCUT2D eigenvalue weighted by molar-refractivity contribution is 1.30. The minimum atomic E-state index is 1.13. The van der Waals surface area contributed by atoms with Crippen LogP contribution in [0, 0.1) is 0 Å². The molecule has 0 spiro atoms. The molecular formula is C46H29NS2. The zero-order chi connectivity index (χ0) is 32.3. The maximum atomic E-state index is 2.41. The fourth-order valence-corrected chi connectivity index (χ4v) is 9.58. The first-order valence-electron chi connectivity index (χ1n) is 16.6. The van der Waals surface area contributed by atoms with Gasteiger partial charge in [-0.1, -0.05) is 121 Å². The van der Waals surface area contributed by atoms with Crippen LogP contribution in [0.3, 0.4) is 0 Å². The number of hydrogen-bond acceptors (Lipinski definition) is 3. The van der Waals surface area contributed by atoms with Crippen molar-refractivity contribution in [1.82, 2.24) is 0 Å². The van der Waals surface area contributed by atoms with E-state index in [4.69, 9.17) is 0 Å². The molecule has 0 bridgehead atoms. The van der Waals surface area contributed by atoms with Crippen molar-refractivity contribution in [2.75, 3.05) is 4.90 Å². The SMILES string of the molecule is c1cc(-c2ccc(N(c3ccc4c(c3)sc3ccccc34)c3ccc4c(c3)sc3ccccc34)cc2)cc(-c2cccc3ccccc23)c1. The van der Waals surface area contributed by atoms with E-state index in [1.54, 1.807) is 0 Å². The third kappa shape index (κ3) is 4.82. The van der Waals surface area contributed by atoms with Crippen LogP contribution in [0.1, 0.15) is 0 Å². The minimum Gasteiger partial charge on any atom is -0.310 e. The number of anilines is 3. The molecule has 0 atom stereocenters. The monoisotopic (exact) mass is 659 g/mol. The van der Waals surface area contributed by atoms with Gasteiger partial charge in [-0.3, -0.25) is 0 Å². The summed E-state index contributed by atoms with van der Waals surface area (Å²) < 4.78 is 5.24. The minimum absolute atomic E-state index is 1.13. The lowest BCUT2D eigenvalue weighted by Gasteiger charge is -2.26. The van der Waals surface area contributed by atoms with Crippen molar-refractivity contribution in [3.8, 4) is 22.3 Å². The van der Waals surface area contributed by atoms with Crippen LogP contribution in [-0.4, -0.2) is 0 Å². The van der Waals surface area contributed by atoms with Crippen LogP contribution >= 0.6 is 22.7 Å². The second-order valence-corrected chi connectivity index (χ2v) is 14.7.